The fraction of sp³-hybridized carbons (Fsp3) is 0.364. The molecule has 0 aromatic carbocycles. The van der Waals surface area contributed by atoms with Gasteiger partial charge >= 0.3 is 0 Å². The molecule has 0 amide bonds. The lowest BCUT2D eigenvalue weighted by Gasteiger charge is -2.32. The van der Waals surface area contributed by atoms with E-state index in [1.165, 1.54) is 18.8 Å². The summed E-state index contributed by atoms with van der Waals surface area (Å²) >= 11 is 0. The van der Waals surface area contributed by atoms with E-state index in [1.807, 2.05) is 12.3 Å². The highest BCUT2D eigenvalue weighted by molar-refractivity contribution is 5.94. The van der Waals surface area contributed by atoms with E-state index in [0.29, 0.717) is 12.1 Å². The van der Waals surface area contributed by atoms with Crippen molar-refractivity contribution < 1.29 is 4.79 Å². The average molecular weight is 402 g/mol. The molecule has 0 aliphatic heterocycles. The Labute approximate surface area is 172 Å². The van der Waals surface area contributed by atoms with Gasteiger partial charge in [0, 0.05) is 24.7 Å². The van der Waals surface area contributed by atoms with Crippen molar-refractivity contribution in [3.05, 3.63) is 58.5 Å². The second kappa shape index (κ2) is 6.83. The van der Waals surface area contributed by atoms with Gasteiger partial charge in [-0.2, -0.15) is 5.10 Å². The van der Waals surface area contributed by atoms with Crippen LogP contribution in [0.2, 0.25) is 0 Å². The Bertz CT molecular complexity index is 1350. The second-order valence-corrected chi connectivity index (χ2v) is 8.14. The van der Waals surface area contributed by atoms with Crippen molar-refractivity contribution >= 4 is 27.9 Å². The Kier molecular flexibility index (Phi) is 4.23. The number of aryl methyl sites for hydroxylation is 1. The third-order valence-electron chi connectivity index (χ3n) is 6.21. The molecule has 0 N–H and O–H groups in total. The molecule has 30 heavy (non-hydrogen) atoms. The molecular formula is C22H22N6O2. The number of fused-ring (bicyclic) bond motifs is 2. The van der Waals surface area contributed by atoms with Crippen molar-refractivity contribution in [3.63, 3.8) is 0 Å². The SMILES string of the molecule is CC(=O)c1nn(CC2(n3cc(C)c4cccnc43)CCCC2)c2cncnc2c1=O. The molecule has 0 bridgehead atoms. The Morgan fingerprint density at radius 3 is 2.80 bits per heavy atom. The van der Waals surface area contributed by atoms with E-state index in [2.05, 4.69) is 43.8 Å². The van der Waals surface area contributed by atoms with Crippen LogP contribution in [0.1, 0.15) is 48.7 Å². The van der Waals surface area contributed by atoms with E-state index in [0.717, 1.165) is 36.7 Å². The lowest BCUT2D eigenvalue weighted by Crippen LogP contribution is -2.37. The third kappa shape index (κ3) is 2.74. The van der Waals surface area contributed by atoms with Crippen molar-refractivity contribution in [1.82, 2.24) is 29.3 Å². The van der Waals surface area contributed by atoms with Crippen LogP contribution in [0.3, 0.4) is 0 Å². The lowest BCUT2D eigenvalue weighted by molar-refractivity contribution is 0.100. The fourth-order valence-electron chi connectivity index (χ4n) is 4.74. The summed E-state index contributed by atoms with van der Waals surface area (Å²) in [5, 5.41) is 5.60. The molecule has 152 valence electrons. The van der Waals surface area contributed by atoms with E-state index >= 15 is 0 Å². The van der Waals surface area contributed by atoms with Crippen LogP contribution in [0.25, 0.3) is 22.1 Å². The van der Waals surface area contributed by atoms with Crippen LogP contribution >= 0.6 is 0 Å². The average Bonchev–Trinajstić information content (AvgIpc) is 3.36. The molecule has 1 aliphatic rings. The molecule has 1 saturated carbocycles. The van der Waals surface area contributed by atoms with Crippen LogP contribution < -0.4 is 5.43 Å². The van der Waals surface area contributed by atoms with Crippen LogP contribution in [-0.4, -0.2) is 35.1 Å². The minimum absolute atomic E-state index is 0.0824. The molecule has 4 heterocycles. The topological polar surface area (TPSA) is 95.6 Å². The molecular weight excluding hydrogens is 380 g/mol. The first kappa shape index (κ1) is 18.6. The minimum Gasteiger partial charge on any atom is -0.324 e. The fourth-order valence-corrected chi connectivity index (χ4v) is 4.74. The number of Topliss-reactive ketones (excluding diaryl/α,β-unsaturated/α-hetero) is 1. The second-order valence-electron chi connectivity index (χ2n) is 8.14. The van der Waals surface area contributed by atoms with Gasteiger partial charge in [-0.25, -0.2) is 15.0 Å². The van der Waals surface area contributed by atoms with Crippen molar-refractivity contribution in [2.45, 2.75) is 51.6 Å². The van der Waals surface area contributed by atoms with E-state index in [-0.39, 0.29) is 22.5 Å². The normalized spacial score (nSPS) is 15.8. The predicted molar refractivity (Wildman–Crippen MR) is 113 cm³/mol. The molecule has 0 radical (unpaired) electrons. The van der Waals surface area contributed by atoms with Gasteiger partial charge in [0.1, 0.15) is 23.0 Å². The van der Waals surface area contributed by atoms with Crippen molar-refractivity contribution in [2.75, 3.05) is 0 Å². The predicted octanol–water partition coefficient (Wildman–Crippen LogP) is 3.02. The molecule has 8 heteroatoms. The van der Waals surface area contributed by atoms with Crippen molar-refractivity contribution in [3.8, 4) is 0 Å². The summed E-state index contributed by atoms with van der Waals surface area (Å²) < 4.78 is 4.01. The first-order valence-electron chi connectivity index (χ1n) is 10.2. The molecule has 0 unspecified atom stereocenters. The van der Waals surface area contributed by atoms with Crippen LogP contribution in [0, 0.1) is 6.92 Å². The van der Waals surface area contributed by atoms with Crippen molar-refractivity contribution in [1.29, 1.82) is 0 Å². The number of carbonyl (C=O) groups excluding carboxylic acids is 1. The van der Waals surface area contributed by atoms with Crippen LogP contribution in [0.4, 0.5) is 0 Å². The molecule has 0 atom stereocenters. The number of pyridine rings is 1. The summed E-state index contributed by atoms with van der Waals surface area (Å²) in [5.41, 5.74) is 2.12. The number of rotatable bonds is 4. The first-order chi connectivity index (χ1) is 14.5. The maximum Gasteiger partial charge on any atom is 0.237 e. The zero-order chi connectivity index (χ0) is 20.9. The number of nitrogens with zero attached hydrogens (tertiary/aromatic N) is 6. The van der Waals surface area contributed by atoms with Gasteiger partial charge in [0.05, 0.1) is 18.3 Å². The standard InChI is InChI=1S/C22H22N6O2/c1-14-11-27(21-16(14)6-5-9-24-21)22(7-3-4-8-22)12-28-17-10-23-13-25-19(17)20(30)18(26-28)15(2)29/h5-6,9-11,13H,3-4,7-8,12H2,1-2H3. The number of aromatic nitrogens is 6. The van der Waals surface area contributed by atoms with Gasteiger partial charge in [0.2, 0.25) is 5.43 Å². The third-order valence-corrected chi connectivity index (χ3v) is 6.21. The number of ketones is 1. The Morgan fingerprint density at radius 2 is 2.03 bits per heavy atom. The van der Waals surface area contributed by atoms with Gasteiger partial charge in [0.15, 0.2) is 11.5 Å². The molecule has 0 spiro atoms. The summed E-state index contributed by atoms with van der Waals surface area (Å²) in [5.74, 6) is -0.362. The van der Waals surface area contributed by atoms with Gasteiger partial charge in [-0.1, -0.05) is 12.8 Å². The van der Waals surface area contributed by atoms with E-state index < -0.39 is 5.43 Å². The molecule has 1 fully saturated rings. The number of carbonyl (C=O) groups is 1. The molecule has 0 saturated heterocycles. The number of hydrogen-bond acceptors (Lipinski definition) is 6. The largest absolute Gasteiger partial charge is 0.324 e. The summed E-state index contributed by atoms with van der Waals surface area (Å²) in [4.78, 5) is 37.7. The molecule has 5 rings (SSSR count). The van der Waals surface area contributed by atoms with E-state index in [1.54, 1.807) is 10.9 Å². The smallest absolute Gasteiger partial charge is 0.237 e. The minimum atomic E-state index is -0.444. The highest BCUT2D eigenvalue weighted by Gasteiger charge is 2.38. The van der Waals surface area contributed by atoms with Crippen LogP contribution in [-0.2, 0) is 12.1 Å². The molecule has 4 aromatic heterocycles. The van der Waals surface area contributed by atoms with Crippen LogP contribution in [0.15, 0.2) is 41.8 Å². The van der Waals surface area contributed by atoms with Gasteiger partial charge < -0.3 is 4.57 Å². The van der Waals surface area contributed by atoms with Gasteiger partial charge in [-0.15, -0.1) is 0 Å². The van der Waals surface area contributed by atoms with E-state index in [4.69, 9.17) is 0 Å². The van der Waals surface area contributed by atoms with Gasteiger partial charge in [-0.05, 0) is 37.5 Å². The highest BCUT2D eigenvalue weighted by Crippen LogP contribution is 2.41. The molecule has 8 nitrogen and oxygen atoms in total. The number of hydrogen-bond donors (Lipinski definition) is 0. The van der Waals surface area contributed by atoms with Crippen LogP contribution in [0.5, 0.6) is 0 Å². The quantitative estimate of drug-likeness (QED) is 0.487. The zero-order valence-electron chi connectivity index (χ0n) is 17.0. The van der Waals surface area contributed by atoms with Gasteiger partial charge in [-0.3, -0.25) is 14.3 Å². The van der Waals surface area contributed by atoms with E-state index in [9.17, 15) is 9.59 Å². The van der Waals surface area contributed by atoms with Crippen molar-refractivity contribution in [2.24, 2.45) is 0 Å². The maximum atomic E-state index is 12.7. The molecule has 1 aliphatic carbocycles. The summed E-state index contributed by atoms with van der Waals surface area (Å²) in [6.07, 6.45) is 11.0. The first-order valence-corrected chi connectivity index (χ1v) is 10.2. The Morgan fingerprint density at radius 1 is 1.23 bits per heavy atom. The Balaban J connectivity index is 1.73. The summed E-state index contributed by atoms with van der Waals surface area (Å²) in [6, 6.07) is 4.04. The van der Waals surface area contributed by atoms with Gasteiger partial charge in [0.25, 0.3) is 0 Å². The zero-order valence-corrected chi connectivity index (χ0v) is 17.0. The molecule has 4 aromatic rings. The highest BCUT2D eigenvalue weighted by atomic mass is 16.1. The summed E-state index contributed by atoms with van der Waals surface area (Å²) in [6.45, 7) is 3.97. The lowest BCUT2D eigenvalue weighted by atomic mass is 9.97. The Hall–Kier alpha value is -3.42. The summed E-state index contributed by atoms with van der Waals surface area (Å²) in [7, 11) is 0. The maximum absolute atomic E-state index is 12.7. The monoisotopic (exact) mass is 402 g/mol.